The number of carbonyl (C=O) groups excluding carboxylic acids is 1. The van der Waals surface area contributed by atoms with Gasteiger partial charge in [0.1, 0.15) is 0 Å². The fraction of sp³-hybridized carbons (Fsp3) is 0.846. The van der Waals surface area contributed by atoms with E-state index in [9.17, 15) is 4.79 Å². The van der Waals surface area contributed by atoms with Crippen LogP contribution < -0.4 is 5.32 Å². The van der Waals surface area contributed by atoms with Gasteiger partial charge in [-0.15, -0.1) is 5.10 Å². The lowest BCUT2D eigenvalue weighted by atomic mass is 10.1. The minimum atomic E-state index is -0.0704. The zero-order chi connectivity index (χ0) is 15.4. The predicted molar refractivity (Wildman–Crippen MR) is 76.2 cm³/mol. The van der Waals surface area contributed by atoms with E-state index in [1.165, 1.54) is 0 Å². The first kappa shape index (κ1) is 15.2. The van der Waals surface area contributed by atoms with Crippen LogP contribution in [-0.4, -0.2) is 76.2 Å². The standard InChI is InChI=1S/C13H22N6O3/c1-18-12(15-16-17-18)4-5-14-13(20)19-6-8-21-9-10(19)11-3-2-7-22-11/h10-11H,2-9H2,1H3,(H,14,20). The number of urea groups is 1. The molecule has 2 fully saturated rings. The molecule has 1 aromatic rings. The van der Waals surface area contributed by atoms with Gasteiger partial charge in [0, 0.05) is 33.2 Å². The zero-order valence-electron chi connectivity index (χ0n) is 12.8. The Labute approximate surface area is 128 Å². The van der Waals surface area contributed by atoms with Crippen molar-refractivity contribution in [1.82, 2.24) is 30.4 Å². The molecule has 9 heteroatoms. The number of aromatic nitrogens is 4. The maximum atomic E-state index is 12.4. The van der Waals surface area contributed by atoms with Gasteiger partial charge >= 0.3 is 6.03 Å². The van der Waals surface area contributed by atoms with Gasteiger partial charge in [0.15, 0.2) is 5.82 Å². The first-order valence-electron chi connectivity index (χ1n) is 7.71. The molecule has 2 aliphatic rings. The van der Waals surface area contributed by atoms with Gasteiger partial charge < -0.3 is 19.7 Å². The van der Waals surface area contributed by atoms with Gasteiger partial charge in [-0.1, -0.05) is 0 Å². The predicted octanol–water partition coefficient (Wildman–Crippen LogP) is -0.658. The van der Waals surface area contributed by atoms with Crippen molar-refractivity contribution in [3.63, 3.8) is 0 Å². The summed E-state index contributed by atoms with van der Waals surface area (Å²) in [6, 6.07) is -0.0633. The fourth-order valence-electron chi connectivity index (χ4n) is 2.93. The molecule has 2 aliphatic heterocycles. The molecule has 122 valence electrons. The van der Waals surface area contributed by atoms with Crippen molar-refractivity contribution in [2.24, 2.45) is 7.05 Å². The maximum absolute atomic E-state index is 12.4. The Morgan fingerprint density at radius 1 is 1.45 bits per heavy atom. The number of amides is 2. The Morgan fingerprint density at radius 2 is 2.36 bits per heavy atom. The topological polar surface area (TPSA) is 94.4 Å². The summed E-state index contributed by atoms with van der Waals surface area (Å²) >= 11 is 0. The summed E-state index contributed by atoms with van der Waals surface area (Å²) in [4.78, 5) is 14.3. The highest BCUT2D eigenvalue weighted by Crippen LogP contribution is 2.22. The molecule has 1 N–H and O–H groups in total. The van der Waals surface area contributed by atoms with E-state index in [1.54, 1.807) is 11.7 Å². The van der Waals surface area contributed by atoms with E-state index in [0.29, 0.717) is 32.7 Å². The Kier molecular flexibility index (Phi) is 4.84. The third kappa shape index (κ3) is 3.36. The monoisotopic (exact) mass is 310 g/mol. The Morgan fingerprint density at radius 3 is 3.09 bits per heavy atom. The second-order valence-electron chi connectivity index (χ2n) is 5.59. The Balaban J connectivity index is 1.52. The van der Waals surface area contributed by atoms with Gasteiger partial charge in [-0.25, -0.2) is 9.48 Å². The Hall–Kier alpha value is -1.74. The highest BCUT2D eigenvalue weighted by Gasteiger charge is 2.35. The van der Waals surface area contributed by atoms with Crippen LogP contribution in [0.5, 0.6) is 0 Å². The molecule has 0 aromatic carbocycles. The van der Waals surface area contributed by atoms with Crippen molar-refractivity contribution in [3.05, 3.63) is 5.82 Å². The van der Waals surface area contributed by atoms with Crippen LogP contribution in [0.15, 0.2) is 0 Å². The van der Waals surface area contributed by atoms with E-state index in [0.717, 1.165) is 25.3 Å². The smallest absolute Gasteiger partial charge is 0.317 e. The van der Waals surface area contributed by atoms with Crippen molar-refractivity contribution < 1.29 is 14.3 Å². The van der Waals surface area contributed by atoms with Crippen molar-refractivity contribution >= 4 is 6.03 Å². The summed E-state index contributed by atoms with van der Waals surface area (Å²) in [5, 5.41) is 14.2. The molecule has 0 bridgehead atoms. The van der Waals surface area contributed by atoms with Crippen LogP contribution in [0.2, 0.25) is 0 Å². The molecule has 22 heavy (non-hydrogen) atoms. The summed E-state index contributed by atoms with van der Waals surface area (Å²) in [6.45, 7) is 3.00. The van der Waals surface area contributed by atoms with Crippen LogP contribution in [0.1, 0.15) is 18.7 Å². The van der Waals surface area contributed by atoms with E-state index in [1.807, 2.05) is 4.90 Å². The number of carbonyl (C=O) groups is 1. The summed E-state index contributed by atoms with van der Waals surface area (Å²) in [7, 11) is 1.78. The van der Waals surface area contributed by atoms with Crippen LogP contribution in [0, 0.1) is 0 Å². The average molecular weight is 310 g/mol. The van der Waals surface area contributed by atoms with Gasteiger partial charge in [-0.05, 0) is 23.3 Å². The minimum absolute atomic E-state index is 0.00717. The first-order chi connectivity index (χ1) is 10.8. The van der Waals surface area contributed by atoms with Gasteiger partial charge in [-0.3, -0.25) is 0 Å². The van der Waals surface area contributed by atoms with Crippen LogP contribution in [0.3, 0.4) is 0 Å². The summed E-state index contributed by atoms with van der Waals surface area (Å²) in [5.74, 6) is 0.748. The molecule has 2 amide bonds. The van der Waals surface area contributed by atoms with Crippen molar-refractivity contribution in [1.29, 1.82) is 0 Å². The fourth-order valence-corrected chi connectivity index (χ4v) is 2.93. The van der Waals surface area contributed by atoms with Crippen LogP contribution >= 0.6 is 0 Å². The molecule has 1 aromatic heterocycles. The molecule has 2 atom stereocenters. The van der Waals surface area contributed by atoms with Gasteiger partial charge in [-0.2, -0.15) is 0 Å². The zero-order valence-corrected chi connectivity index (χ0v) is 12.8. The normalized spacial score (nSPS) is 25.4. The van der Waals surface area contributed by atoms with Gasteiger partial charge in [0.05, 0.1) is 25.4 Å². The first-order valence-corrected chi connectivity index (χ1v) is 7.71. The lowest BCUT2D eigenvalue weighted by Crippen LogP contribution is -2.57. The summed E-state index contributed by atoms with van der Waals surface area (Å²) < 4.78 is 12.9. The highest BCUT2D eigenvalue weighted by molar-refractivity contribution is 5.74. The van der Waals surface area contributed by atoms with E-state index in [4.69, 9.17) is 9.47 Å². The van der Waals surface area contributed by atoms with Crippen LogP contribution in [0.4, 0.5) is 4.79 Å². The van der Waals surface area contributed by atoms with E-state index >= 15 is 0 Å². The molecule has 9 nitrogen and oxygen atoms in total. The van der Waals surface area contributed by atoms with E-state index in [2.05, 4.69) is 20.8 Å². The molecular weight excluding hydrogens is 288 g/mol. The largest absolute Gasteiger partial charge is 0.377 e. The molecule has 2 saturated heterocycles. The van der Waals surface area contributed by atoms with Crippen LogP contribution in [-0.2, 0) is 22.9 Å². The summed E-state index contributed by atoms with van der Waals surface area (Å²) in [6.07, 6.45) is 2.73. The number of rotatable bonds is 4. The molecular formula is C13H22N6O3. The third-order valence-electron chi connectivity index (χ3n) is 4.15. The quantitative estimate of drug-likeness (QED) is 0.793. The number of hydrogen-bond acceptors (Lipinski definition) is 6. The van der Waals surface area contributed by atoms with E-state index in [-0.39, 0.29) is 18.2 Å². The number of morpholine rings is 1. The molecule has 0 radical (unpaired) electrons. The van der Waals surface area contributed by atoms with Crippen molar-refractivity contribution in [2.75, 3.05) is 32.9 Å². The van der Waals surface area contributed by atoms with Crippen molar-refractivity contribution in [2.45, 2.75) is 31.4 Å². The third-order valence-corrected chi connectivity index (χ3v) is 4.15. The number of tetrazole rings is 1. The molecule has 3 heterocycles. The average Bonchev–Trinajstić information content (AvgIpc) is 3.19. The molecule has 3 rings (SSSR count). The lowest BCUT2D eigenvalue weighted by Gasteiger charge is -2.38. The second kappa shape index (κ2) is 7.01. The molecule has 0 aliphatic carbocycles. The number of hydrogen-bond donors (Lipinski definition) is 1. The highest BCUT2D eigenvalue weighted by atomic mass is 16.5. The van der Waals surface area contributed by atoms with Crippen molar-refractivity contribution in [3.8, 4) is 0 Å². The molecule has 0 saturated carbocycles. The number of nitrogens with one attached hydrogen (secondary N) is 1. The van der Waals surface area contributed by atoms with Gasteiger partial charge in [0.25, 0.3) is 0 Å². The number of aryl methyl sites for hydroxylation is 1. The number of ether oxygens (including phenoxy) is 2. The number of nitrogens with zero attached hydrogens (tertiary/aromatic N) is 5. The van der Waals surface area contributed by atoms with Crippen LogP contribution in [0.25, 0.3) is 0 Å². The SMILES string of the molecule is Cn1nnnc1CCNC(=O)N1CCOCC1C1CCCO1. The minimum Gasteiger partial charge on any atom is -0.377 e. The maximum Gasteiger partial charge on any atom is 0.317 e. The second-order valence-corrected chi connectivity index (χ2v) is 5.59. The van der Waals surface area contributed by atoms with E-state index < -0.39 is 0 Å². The lowest BCUT2D eigenvalue weighted by molar-refractivity contribution is -0.0472. The summed E-state index contributed by atoms with van der Waals surface area (Å²) in [5.41, 5.74) is 0. The molecule has 2 unspecified atom stereocenters. The Bertz CT molecular complexity index is 502. The molecule has 0 spiro atoms. The van der Waals surface area contributed by atoms with Gasteiger partial charge in [0.2, 0.25) is 0 Å².